The Morgan fingerprint density at radius 2 is 2.21 bits per heavy atom. The number of benzene rings is 1. The van der Waals surface area contributed by atoms with Crippen molar-refractivity contribution < 1.29 is 18.3 Å². The van der Waals surface area contributed by atoms with Crippen molar-refractivity contribution >= 4 is 5.97 Å². The molecule has 1 aromatic carbocycles. The zero-order chi connectivity index (χ0) is 13.8. The maximum absolute atomic E-state index is 13.4. The fourth-order valence-corrected chi connectivity index (χ4v) is 1.51. The topological polar surface area (TPSA) is 67.9 Å². The summed E-state index contributed by atoms with van der Waals surface area (Å²) in [6.45, 7) is 1.88. The first-order chi connectivity index (χ1) is 9.10. The van der Waals surface area contributed by atoms with Crippen LogP contribution in [0.5, 0.6) is 0 Å². The number of rotatable bonds is 4. The van der Waals surface area contributed by atoms with Gasteiger partial charge in [-0.05, 0) is 18.6 Å². The lowest BCUT2D eigenvalue weighted by Gasteiger charge is -2.00. The first kappa shape index (κ1) is 13.1. The number of H-pyrrole nitrogens is 1. The van der Waals surface area contributed by atoms with Gasteiger partial charge in [-0.1, -0.05) is 6.07 Å². The van der Waals surface area contributed by atoms with Crippen LogP contribution in [0.3, 0.4) is 0 Å². The highest BCUT2D eigenvalue weighted by molar-refractivity contribution is 5.84. The van der Waals surface area contributed by atoms with Gasteiger partial charge in [0.25, 0.3) is 5.82 Å². The molecule has 0 saturated carbocycles. The van der Waals surface area contributed by atoms with E-state index in [0.29, 0.717) is 5.82 Å². The number of halogens is 2. The second-order valence-electron chi connectivity index (χ2n) is 3.74. The molecule has 0 atom stereocenters. The summed E-state index contributed by atoms with van der Waals surface area (Å²) in [6, 6.07) is 3.26. The van der Waals surface area contributed by atoms with E-state index < -0.39 is 17.6 Å². The number of hydrogen-bond donors (Lipinski definition) is 1. The smallest absolute Gasteiger partial charge is 0.378 e. The number of hydrogen-bond acceptors (Lipinski definition) is 4. The lowest BCUT2D eigenvalue weighted by Crippen LogP contribution is -2.06. The summed E-state index contributed by atoms with van der Waals surface area (Å²) in [5.41, 5.74) is 0.257. The Hall–Kier alpha value is -2.31. The Labute approximate surface area is 107 Å². The van der Waals surface area contributed by atoms with Gasteiger partial charge in [0.05, 0.1) is 6.61 Å². The molecule has 0 bridgehead atoms. The molecule has 1 N–H and O–H groups in total. The molecule has 7 heteroatoms. The minimum atomic E-state index is -0.672. The molecule has 5 nitrogen and oxygen atoms in total. The van der Waals surface area contributed by atoms with Gasteiger partial charge in [-0.15, -0.1) is 5.10 Å². The molecule has 0 aliphatic heterocycles. The van der Waals surface area contributed by atoms with E-state index in [0.717, 1.165) is 12.1 Å². The number of nitrogens with zero attached hydrogens (tertiary/aromatic N) is 2. The van der Waals surface area contributed by atoms with Crippen LogP contribution in [0.1, 0.15) is 28.9 Å². The highest BCUT2D eigenvalue weighted by Gasteiger charge is 2.14. The molecule has 0 saturated heterocycles. The maximum atomic E-state index is 13.4. The molecule has 0 fully saturated rings. The number of aromatic nitrogens is 3. The Kier molecular flexibility index (Phi) is 3.84. The Bertz CT molecular complexity index is 598. The van der Waals surface area contributed by atoms with Crippen molar-refractivity contribution in [1.29, 1.82) is 0 Å². The number of carbonyl (C=O) groups excluding carboxylic acids is 1. The van der Waals surface area contributed by atoms with Crippen LogP contribution in [0.25, 0.3) is 0 Å². The van der Waals surface area contributed by atoms with E-state index in [9.17, 15) is 13.6 Å². The van der Waals surface area contributed by atoms with Gasteiger partial charge in [-0.2, -0.15) is 0 Å². The average Bonchev–Trinajstić information content (AvgIpc) is 2.82. The van der Waals surface area contributed by atoms with Crippen LogP contribution in [0.15, 0.2) is 18.2 Å². The quantitative estimate of drug-likeness (QED) is 0.858. The van der Waals surface area contributed by atoms with Crippen molar-refractivity contribution in [2.24, 2.45) is 0 Å². The summed E-state index contributed by atoms with van der Waals surface area (Å²) in [6.07, 6.45) is 0.0819. The zero-order valence-corrected chi connectivity index (χ0v) is 10.1. The summed E-state index contributed by atoms with van der Waals surface area (Å²) < 4.78 is 30.9. The van der Waals surface area contributed by atoms with Gasteiger partial charge in [0.2, 0.25) is 0 Å². The molecular weight excluding hydrogens is 256 g/mol. The number of carbonyl (C=O) groups is 1. The Balaban J connectivity index is 2.13. The van der Waals surface area contributed by atoms with Crippen molar-refractivity contribution in [2.75, 3.05) is 6.61 Å². The predicted octanol–water partition coefficient (Wildman–Crippen LogP) is 1.85. The van der Waals surface area contributed by atoms with Crippen molar-refractivity contribution in [3.8, 4) is 0 Å². The number of nitrogens with one attached hydrogen (secondary N) is 1. The van der Waals surface area contributed by atoms with E-state index >= 15 is 0 Å². The lowest BCUT2D eigenvalue weighted by atomic mass is 10.1. The predicted molar refractivity (Wildman–Crippen MR) is 61.5 cm³/mol. The van der Waals surface area contributed by atoms with Gasteiger partial charge in [0, 0.05) is 12.5 Å². The van der Waals surface area contributed by atoms with E-state index in [2.05, 4.69) is 15.2 Å². The van der Waals surface area contributed by atoms with E-state index in [1.54, 1.807) is 6.92 Å². The minimum absolute atomic E-state index is 0.0819. The summed E-state index contributed by atoms with van der Waals surface area (Å²) in [5.74, 6) is -1.78. The Morgan fingerprint density at radius 3 is 2.89 bits per heavy atom. The van der Waals surface area contributed by atoms with Gasteiger partial charge < -0.3 is 4.74 Å². The lowest BCUT2D eigenvalue weighted by molar-refractivity contribution is 0.0512. The third kappa shape index (κ3) is 3.12. The normalized spacial score (nSPS) is 10.5. The molecule has 1 aromatic heterocycles. The number of aromatic amines is 1. The van der Waals surface area contributed by atoms with E-state index in [-0.39, 0.29) is 24.4 Å². The largest absolute Gasteiger partial charge is 0.460 e. The molecule has 0 spiro atoms. The highest BCUT2D eigenvalue weighted by Crippen LogP contribution is 2.12. The van der Waals surface area contributed by atoms with E-state index in [1.807, 2.05) is 0 Å². The van der Waals surface area contributed by atoms with Crippen molar-refractivity contribution in [3.05, 3.63) is 47.0 Å². The Morgan fingerprint density at radius 1 is 1.42 bits per heavy atom. The summed E-state index contributed by atoms with van der Waals surface area (Å²) in [5, 5.41) is 6.18. The third-order valence-corrected chi connectivity index (χ3v) is 2.36. The molecule has 0 radical (unpaired) electrons. The minimum Gasteiger partial charge on any atom is -0.460 e. The molecule has 0 unspecified atom stereocenters. The van der Waals surface area contributed by atoms with Gasteiger partial charge >= 0.3 is 5.97 Å². The second kappa shape index (κ2) is 5.55. The summed E-state index contributed by atoms with van der Waals surface area (Å²) in [7, 11) is 0. The molecule has 0 amide bonds. The van der Waals surface area contributed by atoms with E-state index in [4.69, 9.17) is 4.74 Å². The van der Waals surface area contributed by atoms with Crippen molar-refractivity contribution in [2.45, 2.75) is 13.3 Å². The molecular formula is C12H11F2N3O2. The molecule has 2 rings (SSSR count). The SMILES string of the molecule is CCOC(=O)c1n[nH]c(Cc2ccc(F)cc2F)n1. The van der Waals surface area contributed by atoms with Crippen LogP contribution in [-0.2, 0) is 11.2 Å². The first-order valence-electron chi connectivity index (χ1n) is 5.62. The molecule has 100 valence electrons. The maximum Gasteiger partial charge on any atom is 0.378 e. The number of esters is 1. The van der Waals surface area contributed by atoms with Crippen LogP contribution in [0.4, 0.5) is 8.78 Å². The van der Waals surface area contributed by atoms with Crippen molar-refractivity contribution in [3.63, 3.8) is 0 Å². The van der Waals surface area contributed by atoms with Crippen LogP contribution >= 0.6 is 0 Å². The van der Waals surface area contributed by atoms with Crippen LogP contribution < -0.4 is 0 Å². The third-order valence-electron chi connectivity index (χ3n) is 2.36. The molecule has 0 aliphatic carbocycles. The van der Waals surface area contributed by atoms with Crippen LogP contribution in [0, 0.1) is 11.6 Å². The van der Waals surface area contributed by atoms with Crippen LogP contribution in [-0.4, -0.2) is 27.8 Å². The van der Waals surface area contributed by atoms with Crippen LogP contribution in [0.2, 0.25) is 0 Å². The highest BCUT2D eigenvalue weighted by atomic mass is 19.1. The molecule has 2 aromatic rings. The van der Waals surface area contributed by atoms with Gasteiger partial charge in [0.1, 0.15) is 17.5 Å². The van der Waals surface area contributed by atoms with Crippen molar-refractivity contribution in [1.82, 2.24) is 15.2 Å². The standard InChI is InChI=1S/C12H11F2N3O2/c1-2-19-12(18)11-15-10(16-17-11)5-7-3-4-8(13)6-9(7)14/h3-4,6H,2,5H2,1H3,(H,15,16,17). The first-order valence-corrected chi connectivity index (χ1v) is 5.62. The molecule has 1 heterocycles. The fourth-order valence-electron chi connectivity index (χ4n) is 1.51. The molecule has 19 heavy (non-hydrogen) atoms. The van der Waals surface area contributed by atoms with Gasteiger partial charge in [-0.3, -0.25) is 5.10 Å². The molecule has 0 aliphatic rings. The van der Waals surface area contributed by atoms with Gasteiger partial charge in [0.15, 0.2) is 0 Å². The number of ether oxygens (including phenoxy) is 1. The summed E-state index contributed by atoms with van der Waals surface area (Å²) >= 11 is 0. The van der Waals surface area contributed by atoms with E-state index in [1.165, 1.54) is 6.07 Å². The second-order valence-corrected chi connectivity index (χ2v) is 3.74. The fraction of sp³-hybridized carbons (Fsp3) is 0.250. The van der Waals surface area contributed by atoms with Gasteiger partial charge in [-0.25, -0.2) is 18.6 Å². The summed E-state index contributed by atoms with van der Waals surface area (Å²) in [4.78, 5) is 15.2. The monoisotopic (exact) mass is 267 g/mol. The zero-order valence-electron chi connectivity index (χ0n) is 10.1. The average molecular weight is 267 g/mol.